The molecule has 0 aliphatic carbocycles. The number of nitrogens with one attached hydrogen (secondary N) is 2. The summed E-state index contributed by atoms with van der Waals surface area (Å²) in [5.41, 5.74) is 2.00. The first-order valence-corrected chi connectivity index (χ1v) is 21.1. The summed E-state index contributed by atoms with van der Waals surface area (Å²) in [7, 11) is 1.95. The van der Waals surface area contributed by atoms with E-state index in [1.807, 2.05) is 100 Å². The second-order valence-corrected chi connectivity index (χ2v) is 16.8. The number of amides is 3. The molecule has 7 unspecified atom stereocenters. The van der Waals surface area contributed by atoms with E-state index in [9.17, 15) is 29.1 Å². The molecular formula is C44H61N5O7S. The van der Waals surface area contributed by atoms with Crippen LogP contribution in [0, 0.1) is 17.8 Å². The van der Waals surface area contributed by atoms with E-state index in [2.05, 4.69) is 20.5 Å². The number of thiazole rings is 1. The van der Waals surface area contributed by atoms with Gasteiger partial charge in [-0.15, -0.1) is 11.3 Å². The van der Waals surface area contributed by atoms with Gasteiger partial charge in [0.15, 0.2) is 6.10 Å². The normalized spacial score (nSPS) is 17.7. The van der Waals surface area contributed by atoms with Gasteiger partial charge in [-0.3, -0.25) is 28.9 Å². The standard InChI is InChI=1S/C44H61N5O7S/c1-8-29(4)39(47-41(52)36-21-15-16-22-48(36)7)43(53)49(26-33-19-13-10-14-20-33)37(28(2)3)25-38(56-31(6)50)42-46-35(27-57-42)40(51)45-34(23-30(5)44(54)55)24-32-17-11-9-12-18-32/h9-14,17-20,27-30,34,36-39H,8,15-16,21-26H2,1-7H3,(H,45,51)(H,47,52)(H,54,55). The molecule has 7 atom stereocenters. The zero-order chi connectivity index (χ0) is 41.6. The highest BCUT2D eigenvalue weighted by molar-refractivity contribution is 7.09. The summed E-state index contributed by atoms with van der Waals surface area (Å²) in [4.78, 5) is 75.3. The van der Waals surface area contributed by atoms with Crippen molar-refractivity contribution < 1.29 is 33.8 Å². The van der Waals surface area contributed by atoms with Crippen LogP contribution in [-0.2, 0) is 36.9 Å². The van der Waals surface area contributed by atoms with Crippen LogP contribution in [0.1, 0.15) is 113 Å². The number of likely N-dealkylation sites (tertiary alicyclic amines) is 1. The third-order valence-corrected chi connectivity index (χ3v) is 11.9. The van der Waals surface area contributed by atoms with Crippen molar-refractivity contribution >= 4 is 41.0 Å². The van der Waals surface area contributed by atoms with E-state index < -0.39 is 48.0 Å². The Morgan fingerprint density at radius 1 is 0.947 bits per heavy atom. The fourth-order valence-electron chi connectivity index (χ4n) is 7.45. The van der Waals surface area contributed by atoms with Crippen LogP contribution in [0.3, 0.4) is 0 Å². The summed E-state index contributed by atoms with van der Waals surface area (Å²) in [6.45, 7) is 12.0. The molecule has 0 spiro atoms. The second-order valence-electron chi connectivity index (χ2n) is 15.9. The highest BCUT2D eigenvalue weighted by atomic mass is 32.1. The van der Waals surface area contributed by atoms with Gasteiger partial charge in [-0.05, 0) is 62.2 Å². The maximum Gasteiger partial charge on any atom is 0.306 e. The molecule has 310 valence electrons. The summed E-state index contributed by atoms with van der Waals surface area (Å²) in [6.07, 6.45) is 3.37. The van der Waals surface area contributed by atoms with Gasteiger partial charge >= 0.3 is 11.9 Å². The van der Waals surface area contributed by atoms with Gasteiger partial charge in [0.1, 0.15) is 16.7 Å². The topological polar surface area (TPSA) is 158 Å². The van der Waals surface area contributed by atoms with Crippen molar-refractivity contribution in [3.63, 3.8) is 0 Å². The lowest BCUT2D eigenvalue weighted by atomic mass is 9.91. The predicted molar refractivity (Wildman–Crippen MR) is 221 cm³/mol. The van der Waals surface area contributed by atoms with Crippen molar-refractivity contribution in [2.45, 2.75) is 123 Å². The van der Waals surface area contributed by atoms with Gasteiger partial charge in [0, 0.05) is 37.4 Å². The van der Waals surface area contributed by atoms with E-state index in [1.165, 1.54) is 18.3 Å². The molecule has 0 saturated carbocycles. The summed E-state index contributed by atoms with van der Waals surface area (Å²) in [5.74, 6) is -3.25. The number of piperidine rings is 1. The Hall–Kier alpha value is -4.62. The van der Waals surface area contributed by atoms with Crippen LogP contribution in [0.2, 0.25) is 0 Å². The molecule has 3 amide bonds. The lowest BCUT2D eigenvalue weighted by Gasteiger charge is -2.40. The average Bonchev–Trinajstić information content (AvgIpc) is 3.68. The van der Waals surface area contributed by atoms with Gasteiger partial charge in [0.2, 0.25) is 11.8 Å². The molecule has 0 bridgehead atoms. The summed E-state index contributed by atoms with van der Waals surface area (Å²) in [6, 6.07) is 17.2. The number of aliphatic carboxylic acids is 1. The fourth-order valence-corrected chi connectivity index (χ4v) is 8.29. The molecule has 1 aromatic heterocycles. The highest BCUT2D eigenvalue weighted by Gasteiger charge is 2.39. The highest BCUT2D eigenvalue weighted by Crippen LogP contribution is 2.32. The van der Waals surface area contributed by atoms with E-state index in [4.69, 9.17) is 4.74 Å². The third kappa shape index (κ3) is 13.2. The molecule has 12 nitrogen and oxygen atoms in total. The molecule has 2 heterocycles. The molecule has 1 fully saturated rings. The number of rotatable bonds is 20. The largest absolute Gasteiger partial charge is 0.481 e. The molecule has 4 rings (SSSR count). The minimum Gasteiger partial charge on any atom is -0.481 e. The molecule has 1 saturated heterocycles. The maximum absolute atomic E-state index is 15.0. The van der Waals surface area contributed by atoms with Gasteiger partial charge < -0.3 is 25.4 Å². The van der Waals surface area contributed by atoms with Crippen LogP contribution in [0.5, 0.6) is 0 Å². The Labute approximate surface area is 341 Å². The Bertz CT molecular complexity index is 1770. The third-order valence-electron chi connectivity index (χ3n) is 11.0. The van der Waals surface area contributed by atoms with Gasteiger partial charge in [-0.2, -0.15) is 0 Å². The number of likely N-dealkylation sites (N-methyl/N-ethyl adjacent to an activating group) is 1. The van der Waals surface area contributed by atoms with Gasteiger partial charge in [0.25, 0.3) is 5.91 Å². The van der Waals surface area contributed by atoms with E-state index in [-0.39, 0.29) is 54.8 Å². The first-order valence-electron chi connectivity index (χ1n) is 20.2. The Kier molecular flexibility index (Phi) is 17.2. The van der Waals surface area contributed by atoms with Gasteiger partial charge in [-0.25, -0.2) is 4.98 Å². The molecule has 1 aliphatic heterocycles. The van der Waals surface area contributed by atoms with Crippen molar-refractivity contribution in [3.05, 3.63) is 87.9 Å². The zero-order valence-electron chi connectivity index (χ0n) is 34.5. The number of nitrogens with zero attached hydrogens (tertiary/aromatic N) is 3. The minimum absolute atomic E-state index is 0.105. The summed E-state index contributed by atoms with van der Waals surface area (Å²) >= 11 is 1.19. The summed E-state index contributed by atoms with van der Waals surface area (Å²) < 4.78 is 5.91. The molecule has 2 aromatic carbocycles. The number of aromatic nitrogens is 1. The van der Waals surface area contributed by atoms with Crippen LogP contribution in [0.15, 0.2) is 66.0 Å². The van der Waals surface area contributed by atoms with Crippen molar-refractivity contribution in [2.75, 3.05) is 13.6 Å². The number of esters is 1. The SMILES string of the molecule is CCC(C)C(NC(=O)C1CCCCN1C)C(=O)N(Cc1ccccc1)C(CC(OC(C)=O)c1nc(C(=O)NC(Cc2ccccc2)CC(C)C(=O)O)cs1)C(C)C. The molecule has 1 aliphatic rings. The molecule has 3 aromatic rings. The number of benzene rings is 2. The smallest absolute Gasteiger partial charge is 0.306 e. The molecular weight excluding hydrogens is 743 g/mol. The quantitative estimate of drug-likeness (QED) is 0.106. The first-order chi connectivity index (χ1) is 27.2. The van der Waals surface area contributed by atoms with Crippen LogP contribution < -0.4 is 10.6 Å². The number of hydrogen-bond donors (Lipinski definition) is 3. The van der Waals surface area contributed by atoms with Crippen LogP contribution in [0.4, 0.5) is 0 Å². The number of carboxylic acid groups (broad SMARTS) is 1. The number of hydrogen-bond acceptors (Lipinski definition) is 9. The Morgan fingerprint density at radius 2 is 1.60 bits per heavy atom. The van der Waals surface area contributed by atoms with E-state index >= 15 is 0 Å². The van der Waals surface area contributed by atoms with Crippen LogP contribution in [0.25, 0.3) is 0 Å². The molecule has 0 radical (unpaired) electrons. The second kappa shape index (κ2) is 21.8. The van der Waals surface area contributed by atoms with Crippen LogP contribution in [-0.4, -0.2) is 87.3 Å². The van der Waals surface area contributed by atoms with E-state index in [0.717, 1.165) is 36.9 Å². The van der Waals surface area contributed by atoms with Crippen molar-refractivity contribution in [1.82, 2.24) is 25.4 Å². The fraction of sp³-hybridized carbons (Fsp3) is 0.545. The van der Waals surface area contributed by atoms with Crippen molar-refractivity contribution in [2.24, 2.45) is 17.8 Å². The Balaban J connectivity index is 1.64. The Morgan fingerprint density at radius 3 is 2.18 bits per heavy atom. The van der Waals surface area contributed by atoms with Crippen LogP contribution >= 0.6 is 11.3 Å². The zero-order valence-corrected chi connectivity index (χ0v) is 35.3. The minimum atomic E-state index is -0.948. The number of ether oxygens (including phenoxy) is 1. The number of carboxylic acids is 1. The van der Waals surface area contributed by atoms with Crippen molar-refractivity contribution in [1.29, 1.82) is 0 Å². The molecule has 13 heteroatoms. The van der Waals surface area contributed by atoms with Gasteiger partial charge in [0.05, 0.1) is 12.0 Å². The monoisotopic (exact) mass is 803 g/mol. The maximum atomic E-state index is 15.0. The number of carbonyl (C=O) groups excluding carboxylic acids is 4. The van der Waals surface area contributed by atoms with E-state index in [0.29, 0.717) is 17.8 Å². The van der Waals surface area contributed by atoms with Gasteiger partial charge in [-0.1, -0.05) is 108 Å². The lowest BCUT2D eigenvalue weighted by molar-refractivity contribution is -0.150. The first kappa shape index (κ1) is 45.1. The number of carbonyl (C=O) groups is 5. The average molecular weight is 804 g/mol. The van der Waals surface area contributed by atoms with Crippen molar-refractivity contribution in [3.8, 4) is 0 Å². The molecule has 3 N–H and O–H groups in total. The lowest BCUT2D eigenvalue weighted by Crippen LogP contribution is -2.58. The summed E-state index contributed by atoms with van der Waals surface area (Å²) in [5, 5.41) is 17.8. The molecule has 57 heavy (non-hydrogen) atoms. The predicted octanol–water partition coefficient (Wildman–Crippen LogP) is 6.66. The van der Waals surface area contributed by atoms with E-state index in [1.54, 1.807) is 12.3 Å².